The molecule has 0 saturated heterocycles. The van der Waals surface area contributed by atoms with Crippen LogP contribution in [0.2, 0.25) is 0 Å². The van der Waals surface area contributed by atoms with Crippen LogP contribution < -0.4 is 10.6 Å². The number of rotatable bonds is 8. The molecule has 0 fully saturated rings. The van der Waals surface area contributed by atoms with E-state index in [2.05, 4.69) is 10.6 Å². The molecule has 0 heterocycles. The number of nitrogens with zero attached hydrogens (tertiary/aromatic N) is 1. The number of carbonyl (C=O) groups excluding carboxylic acids is 2. The van der Waals surface area contributed by atoms with E-state index in [1.54, 1.807) is 7.05 Å². The Kier molecular flexibility index (Phi) is 8.92. The van der Waals surface area contributed by atoms with Crippen molar-refractivity contribution in [1.29, 1.82) is 0 Å². The number of likely N-dealkylation sites (N-methyl/N-ethyl adjacent to an activating group) is 2. The van der Waals surface area contributed by atoms with Crippen molar-refractivity contribution >= 4 is 12.2 Å². The zero-order valence-corrected chi connectivity index (χ0v) is 16.4. The summed E-state index contributed by atoms with van der Waals surface area (Å²) < 4.78 is 10.6. The minimum atomic E-state index is -0.565. The molecule has 146 valence electrons. The third kappa shape index (κ3) is 9.27. The smallest absolute Gasteiger partial charge is 0.410 e. The fraction of sp³-hybridized carbons (Fsp3) is 0.579. The van der Waals surface area contributed by atoms with Gasteiger partial charge in [-0.05, 0) is 32.9 Å². The van der Waals surface area contributed by atoms with Crippen molar-refractivity contribution in [3.8, 4) is 0 Å². The Morgan fingerprint density at radius 1 is 1.19 bits per heavy atom. The highest BCUT2D eigenvalue weighted by Crippen LogP contribution is 2.09. The summed E-state index contributed by atoms with van der Waals surface area (Å²) in [4.78, 5) is 25.6. The maximum absolute atomic E-state index is 12.1. The Bertz CT molecular complexity index is 558. The van der Waals surface area contributed by atoms with Gasteiger partial charge in [0.25, 0.3) is 0 Å². The minimum absolute atomic E-state index is 0.197. The van der Waals surface area contributed by atoms with Crippen LogP contribution in [0.5, 0.6) is 0 Å². The molecule has 1 atom stereocenters. The summed E-state index contributed by atoms with van der Waals surface area (Å²) in [6, 6.07) is 9.17. The van der Waals surface area contributed by atoms with Crippen molar-refractivity contribution < 1.29 is 19.1 Å². The normalized spacial score (nSPS) is 12.2. The molecule has 0 radical (unpaired) electrons. The number of hydrogen-bond donors (Lipinski definition) is 2. The van der Waals surface area contributed by atoms with Crippen LogP contribution in [0, 0.1) is 0 Å². The number of amides is 2. The molecule has 26 heavy (non-hydrogen) atoms. The van der Waals surface area contributed by atoms with Gasteiger partial charge in [-0.3, -0.25) is 0 Å². The third-order valence-electron chi connectivity index (χ3n) is 3.37. The number of carbonyl (C=O) groups is 2. The molecule has 0 unspecified atom stereocenters. The Morgan fingerprint density at radius 3 is 2.42 bits per heavy atom. The molecular weight excluding hydrogens is 334 g/mol. The van der Waals surface area contributed by atoms with Gasteiger partial charge in [-0.1, -0.05) is 37.3 Å². The second-order valence-electron chi connectivity index (χ2n) is 7.07. The zero-order valence-electron chi connectivity index (χ0n) is 16.4. The molecule has 1 aromatic rings. The molecule has 0 aliphatic rings. The molecule has 0 bridgehead atoms. The highest BCUT2D eigenvalue weighted by atomic mass is 16.6. The average Bonchev–Trinajstić information content (AvgIpc) is 2.57. The predicted molar refractivity (Wildman–Crippen MR) is 101 cm³/mol. The molecule has 7 nitrogen and oxygen atoms in total. The molecule has 0 spiro atoms. The summed E-state index contributed by atoms with van der Waals surface area (Å²) in [5, 5.41) is 5.97. The standard InChI is InChI=1S/C19H31N3O4/c1-6-20-12-16(13-22(5)18(24)26-19(2,3)4)21-17(23)25-14-15-10-8-7-9-11-15/h7-11,16,20H,6,12-14H2,1-5H3,(H,21,23)/t16-/m0/s1. The van der Waals surface area contributed by atoms with Crippen LogP contribution in [0.3, 0.4) is 0 Å². The van der Waals surface area contributed by atoms with E-state index in [-0.39, 0.29) is 12.6 Å². The SMILES string of the molecule is CCNC[C@@H](CN(C)C(=O)OC(C)(C)C)NC(=O)OCc1ccccc1. The van der Waals surface area contributed by atoms with Gasteiger partial charge in [0.1, 0.15) is 12.2 Å². The summed E-state index contributed by atoms with van der Waals surface area (Å²) in [6.07, 6.45) is -0.951. The van der Waals surface area contributed by atoms with Gasteiger partial charge in [0.15, 0.2) is 0 Å². The molecule has 2 amide bonds. The summed E-state index contributed by atoms with van der Waals surface area (Å²) in [6.45, 7) is 9.20. The quantitative estimate of drug-likeness (QED) is 0.740. The van der Waals surface area contributed by atoms with Crippen molar-refractivity contribution in [3.63, 3.8) is 0 Å². The average molecular weight is 365 g/mol. The van der Waals surface area contributed by atoms with E-state index in [1.165, 1.54) is 4.90 Å². The van der Waals surface area contributed by atoms with Crippen molar-refractivity contribution in [2.24, 2.45) is 0 Å². The van der Waals surface area contributed by atoms with E-state index in [9.17, 15) is 9.59 Å². The van der Waals surface area contributed by atoms with E-state index >= 15 is 0 Å². The lowest BCUT2D eigenvalue weighted by Crippen LogP contribution is -2.50. The first kappa shape index (κ1) is 21.8. The van der Waals surface area contributed by atoms with E-state index < -0.39 is 17.8 Å². The van der Waals surface area contributed by atoms with Gasteiger partial charge in [-0.2, -0.15) is 0 Å². The van der Waals surface area contributed by atoms with Crippen LogP contribution in [0.4, 0.5) is 9.59 Å². The molecule has 2 N–H and O–H groups in total. The van der Waals surface area contributed by atoms with Gasteiger partial charge in [-0.25, -0.2) is 9.59 Å². The Hall–Kier alpha value is -2.28. The lowest BCUT2D eigenvalue weighted by molar-refractivity contribution is 0.0280. The first-order valence-corrected chi connectivity index (χ1v) is 8.83. The summed E-state index contributed by atoms with van der Waals surface area (Å²) in [5.74, 6) is 0. The number of alkyl carbamates (subject to hydrolysis) is 1. The molecule has 0 aliphatic heterocycles. The fourth-order valence-electron chi connectivity index (χ4n) is 2.16. The first-order valence-electron chi connectivity index (χ1n) is 8.83. The van der Waals surface area contributed by atoms with Crippen LogP contribution in [0.25, 0.3) is 0 Å². The molecule has 1 rings (SSSR count). The number of benzene rings is 1. The molecule has 0 aromatic heterocycles. The lowest BCUT2D eigenvalue weighted by atomic mass is 10.2. The van der Waals surface area contributed by atoms with E-state index in [0.717, 1.165) is 12.1 Å². The van der Waals surface area contributed by atoms with Gasteiger partial charge in [-0.15, -0.1) is 0 Å². The van der Waals surface area contributed by atoms with E-state index in [0.29, 0.717) is 13.1 Å². The third-order valence-corrected chi connectivity index (χ3v) is 3.37. The van der Waals surface area contributed by atoms with Crippen molar-refractivity contribution in [3.05, 3.63) is 35.9 Å². The van der Waals surface area contributed by atoms with Crippen LogP contribution in [-0.2, 0) is 16.1 Å². The predicted octanol–water partition coefficient (Wildman–Crippen LogP) is 2.76. The Labute approximate surface area is 156 Å². The van der Waals surface area contributed by atoms with Gasteiger partial charge in [0.2, 0.25) is 0 Å². The highest BCUT2D eigenvalue weighted by molar-refractivity contribution is 5.69. The Balaban J connectivity index is 2.53. The molecule has 7 heteroatoms. The van der Waals surface area contributed by atoms with E-state index in [4.69, 9.17) is 9.47 Å². The zero-order chi connectivity index (χ0) is 19.6. The monoisotopic (exact) mass is 365 g/mol. The topological polar surface area (TPSA) is 79.9 Å². The van der Waals surface area contributed by atoms with E-state index in [1.807, 2.05) is 58.0 Å². The van der Waals surface area contributed by atoms with Crippen LogP contribution in [0.1, 0.15) is 33.3 Å². The maximum Gasteiger partial charge on any atom is 0.410 e. The summed E-state index contributed by atoms with van der Waals surface area (Å²) >= 11 is 0. The first-order chi connectivity index (χ1) is 12.2. The fourth-order valence-corrected chi connectivity index (χ4v) is 2.16. The largest absolute Gasteiger partial charge is 0.445 e. The summed E-state index contributed by atoms with van der Waals surface area (Å²) in [5.41, 5.74) is 0.349. The Morgan fingerprint density at radius 2 is 1.85 bits per heavy atom. The lowest BCUT2D eigenvalue weighted by Gasteiger charge is -2.28. The summed E-state index contributed by atoms with van der Waals surface area (Å²) in [7, 11) is 1.64. The highest BCUT2D eigenvalue weighted by Gasteiger charge is 2.23. The van der Waals surface area contributed by atoms with Gasteiger partial charge in [0, 0.05) is 20.1 Å². The molecule has 0 aliphatic carbocycles. The van der Waals surface area contributed by atoms with Crippen molar-refractivity contribution in [1.82, 2.24) is 15.5 Å². The molecule has 1 aromatic carbocycles. The van der Waals surface area contributed by atoms with Gasteiger partial charge >= 0.3 is 12.2 Å². The van der Waals surface area contributed by atoms with Gasteiger partial charge in [0.05, 0.1) is 6.04 Å². The number of ether oxygens (including phenoxy) is 2. The minimum Gasteiger partial charge on any atom is -0.445 e. The number of nitrogens with one attached hydrogen (secondary N) is 2. The second-order valence-corrected chi connectivity index (χ2v) is 7.07. The molecule has 0 saturated carbocycles. The number of hydrogen-bond acceptors (Lipinski definition) is 5. The molecular formula is C19H31N3O4. The second kappa shape index (κ2) is 10.7. The van der Waals surface area contributed by atoms with Crippen molar-refractivity contribution in [2.45, 2.75) is 45.9 Å². The van der Waals surface area contributed by atoms with Crippen LogP contribution in [-0.4, -0.2) is 55.4 Å². The van der Waals surface area contributed by atoms with Crippen molar-refractivity contribution in [2.75, 3.05) is 26.7 Å². The van der Waals surface area contributed by atoms with Crippen LogP contribution in [0.15, 0.2) is 30.3 Å². The van der Waals surface area contributed by atoms with Crippen LogP contribution >= 0.6 is 0 Å². The maximum atomic E-state index is 12.1. The van der Waals surface area contributed by atoms with Gasteiger partial charge < -0.3 is 25.0 Å².